The molecule has 3 heteroatoms. The van der Waals surface area contributed by atoms with E-state index in [0.29, 0.717) is 5.39 Å². The van der Waals surface area contributed by atoms with Gasteiger partial charge >= 0.3 is 0 Å². The fourth-order valence-electron chi connectivity index (χ4n) is 1.46. The Kier molecular flexibility index (Phi) is 2.00. The lowest BCUT2D eigenvalue weighted by Gasteiger charge is -2.03. The van der Waals surface area contributed by atoms with E-state index in [1.54, 1.807) is 12.3 Å². The molecule has 0 atom stereocenters. The van der Waals surface area contributed by atoms with Gasteiger partial charge in [0, 0.05) is 23.3 Å². The summed E-state index contributed by atoms with van der Waals surface area (Å²) in [6.07, 6.45) is 2.47. The van der Waals surface area contributed by atoms with Crippen LogP contribution in [0, 0.1) is 0 Å². The summed E-state index contributed by atoms with van der Waals surface area (Å²) in [5, 5.41) is 20.3. The topological polar surface area (TPSA) is 53.4 Å². The van der Waals surface area contributed by atoms with Crippen molar-refractivity contribution in [2.75, 3.05) is 0 Å². The van der Waals surface area contributed by atoms with E-state index in [2.05, 4.69) is 4.98 Å². The van der Waals surface area contributed by atoms with Crippen LogP contribution in [0.4, 0.5) is 0 Å². The van der Waals surface area contributed by atoms with Crippen molar-refractivity contribution in [2.24, 2.45) is 0 Å². The molecular formula is C11H11NO2. The highest BCUT2D eigenvalue weighted by atomic mass is 16.3. The maximum absolute atomic E-state index is 9.52. The van der Waals surface area contributed by atoms with Gasteiger partial charge in [0.1, 0.15) is 11.5 Å². The Hall–Kier alpha value is -1.77. The highest BCUT2D eigenvalue weighted by Gasteiger charge is 2.03. The first-order valence-corrected chi connectivity index (χ1v) is 4.51. The van der Waals surface area contributed by atoms with Gasteiger partial charge in [-0.3, -0.25) is 4.98 Å². The van der Waals surface area contributed by atoms with Crippen molar-refractivity contribution >= 4 is 10.8 Å². The molecule has 72 valence electrons. The number of aromatic hydroxyl groups is 2. The van der Waals surface area contributed by atoms with Crippen LogP contribution >= 0.6 is 0 Å². The third kappa shape index (κ3) is 1.37. The second-order valence-electron chi connectivity index (χ2n) is 3.22. The van der Waals surface area contributed by atoms with E-state index in [0.717, 1.165) is 17.5 Å². The molecule has 0 aliphatic rings. The summed E-state index contributed by atoms with van der Waals surface area (Å²) >= 11 is 0. The lowest BCUT2D eigenvalue weighted by Crippen LogP contribution is -1.86. The Balaban J connectivity index is 2.75. The largest absolute Gasteiger partial charge is 0.508 e. The summed E-state index contributed by atoms with van der Waals surface area (Å²) < 4.78 is 0. The monoisotopic (exact) mass is 189 g/mol. The summed E-state index contributed by atoms with van der Waals surface area (Å²) in [6.45, 7) is 2.01. The van der Waals surface area contributed by atoms with Crippen molar-refractivity contribution in [3.63, 3.8) is 0 Å². The summed E-state index contributed by atoms with van der Waals surface area (Å²) in [7, 11) is 0. The minimum Gasteiger partial charge on any atom is -0.508 e. The van der Waals surface area contributed by atoms with Gasteiger partial charge in [-0.2, -0.15) is 0 Å². The SMILES string of the molecule is CCc1cc2cc(O)cc(O)c2cn1. The number of hydrogen-bond acceptors (Lipinski definition) is 3. The fourth-order valence-corrected chi connectivity index (χ4v) is 1.46. The zero-order chi connectivity index (χ0) is 10.1. The number of fused-ring (bicyclic) bond motifs is 1. The molecule has 1 aromatic heterocycles. The van der Waals surface area contributed by atoms with Gasteiger partial charge in [-0.1, -0.05) is 6.92 Å². The lowest BCUT2D eigenvalue weighted by molar-refractivity contribution is 0.455. The predicted octanol–water partition coefficient (Wildman–Crippen LogP) is 2.21. The standard InChI is InChI=1S/C11H11NO2/c1-2-8-3-7-4-9(13)5-11(14)10(7)6-12-8/h3-6,13-14H,2H2,1H3. The van der Waals surface area contributed by atoms with E-state index in [9.17, 15) is 10.2 Å². The molecule has 0 fully saturated rings. The molecule has 2 rings (SSSR count). The van der Waals surface area contributed by atoms with Crippen LogP contribution in [0.25, 0.3) is 10.8 Å². The Morgan fingerprint density at radius 2 is 2.00 bits per heavy atom. The minimum absolute atomic E-state index is 0.0650. The molecule has 0 aliphatic carbocycles. The van der Waals surface area contributed by atoms with Gasteiger partial charge in [0.25, 0.3) is 0 Å². The van der Waals surface area contributed by atoms with Gasteiger partial charge in [0.2, 0.25) is 0 Å². The Labute approximate surface area is 81.7 Å². The van der Waals surface area contributed by atoms with E-state index >= 15 is 0 Å². The molecule has 14 heavy (non-hydrogen) atoms. The smallest absolute Gasteiger partial charge is 0.128 e. The number of phenolic OH excluding ortho intramolecular Hbond substituents is 2. The molecule has 2 aromatic rings. The third-order valence-electron chi connectivity index (χ3n) is 2.22. The number of pyridine rings is 1. The van der Waals surface area contributed by atoms with Crippen molar-refractivity contribution in [1.29, 1.82) is 0 Å². The molecule has 2 N–H and O–H groups in total. The summed E-state index contributed by atoms with van der Waals surface area (Å²) in [5.41, 5.74) is 0.947. The maximum Gasteiger partial charge on any atom is 0.128 e. The molecule has 0 saturated carbocycles. The Morgan fingerprint density at radius 1 is 1.21 bits per heavy atom. The van der Waals surface area contributed by atoms with E-state index in [1.165, 1.54) is 6.07 Å². The first kappa shape index (κ1) is 8.81. The number of aryl methyl sites for hydroxylation is 1. The van der Waals surface area contributed by atoms with Gasteiger partial charge in [-0.25, -0.2) is 0 Å². The predicted molar refractivity (Wildman–Crippen MR) is 54.5 cm³/mol. The van der Waals surface area contributed by atoms with E-state index in [1.807, 2.05) is 13.0 Å². The van der Waals surface area contributed by atoms with E-state index in [-0.39, 0.29) is 11.5 Å². The molecular weight excluding hydrogens is 178 g/mol. The third-order valence-corrected chi connectivity index (χ3v) is 2.22. The molecule has 0 spiro atoms. The first-order valence-electron chi connectivity index (χ1n) is 4.51. The van der Waals surface area contributed by atoms with Crippen LogP contribution in [-0.2, 0) is 6.42 Å². The number of rotatable bonds is 1. The van der Waals surface area contributed by atoms with Gasteiger partial charge in [0.15, 0.2) is 0 Å². The second-order valence-corrected chi connectivity index (χ2v) is 3.22. The van der Waals surface area contributed by atoms with Gasteiger partial charge in [0.05, 0.1) is 0 Å². The van der Waals surface area contributed by atoms with Crippen molar-refractivity contribution in [1.82, 2.24) is 4.98 Å². The average molecular weight is 189 g/mol. The van der Waals surface area contributed by atoms with Gasteiger partial charge in [-0.05, 0) is 23.9 Å². The van der Waals surface area contributed by atoms with Crippen LogP contribution in [0.3, 0.4) is 0 Å². The van der Waals surface area contributed by atoms with Crippen LogP contribution in [0.1, 0.15) is 12.6 Å². The lowest BCUT2D eigenvalue weighted by atomic mass is 10.1. The number of hydrogen-bond donors (Lipinski definition) is 2. The molecule has 1 heterocycles. The molecule has 0 aliphatic heterocycles. The highest BCUT2D eigenvalue weighted by Crippen LogP contribution is 2.29. The molecule has 0 amide bonds. The number of phenols is 2. The van der Waals surface area contributed by atoms with Gasteiger partial charge in [-0.15, -0.1) is 0 Å². The number of benzene rings is 1. The van der Waals surface area contributed by atoms with Crippen molar-refractivity contribution in [3.05, 3.63) is 30.1 Å². The van der Waals surface area contributed by atoms with Crippen LogP contribution in [-0.4, -0.2) is 15.2 Å². The second kappa shape index (κ2) is 3.18. The van der Waals surface area contributed by atoms with Crippen molar-refractivity contribution in [3.8, 4) is 11.5 Å². The van der Waals surface area contributed by atoms with Crippen LogP contribution in [0.5, 0.6) is 11.5 Å². The number of aromatic nitrogens is 1. The molecule has 0 unspecified atom stereocenters. The normalized spacial score (nSPS) is 10.6. The van der Waals surface area contributed by atoms with Crippen LogP contribution in [0.2, 0.25) is 0 Å². The van der Waals surface area contributed by atoms with E-state index in [4.69, 9.17) is 0 Å². The Bertz CT molecular complexity index is 480. The fraction of sp³-hybridized carbons (Fsp3) is 0.182. The molecule has 0 saturated heterocycles. The molecule has 1 aromatic carbocycles. The maximum atomic E-state index is 9.52. The summed E-state index contributed by atoms with van der Waals surface area (Å²) in [4.78, 5) is 4.17. The Morgan fingerprint density at radius 3 is 2.71 bits per heavy atom. The molecule has 3 nitrogen and oxygen atoms in total. The number of nitrogens with zero attached hydrogens (tertiary/aromatic N) is 1. The average Bonchev–Trinajstić information content (AvgIpc) is 2.16. The van der Waals surface area contributed by atoms with E-state index < -0.39 is 0 Å². The van der Waals surface area contributed by atoms with Crippen molar-refractivity contribution < 1.29 is 10.2 Å². The first-order chi connectivity index (χ1) is 6.70. The molecule has 0 bridgehead atoms. The quantitative estimate of drug-likeness (QED) is 0.723. The minimum atomic E-state index is 0.0650. The van der Waals surface area contributed by atoms with Crippen LogP contribution < -0.4 is 0 Å². The zero-order valence-corrected chi connectivity index (χ0v) is 7.86. The van der Waals surface area contributed by atoms with Crippen LogP contribution in [0.15, 0.2) is 24.4 Å². The summed E-state index contributed by atoms with van der Waals surface area (Å²) in [5.74, 6) is 0.137. The molecule has 0 radical (unpaired) electrons. The zero-order valence-electron chi connectivity index (χ0n) is 7.86. The summed E-state index contributed by atoms with van der Waals surface area (Å²) in [6, 6.07) is 4.81. The van der Waals surface area contributed by atoms with Gasteiger partial charge < -0.3 is 10.2 Å². The van der Waals surface area contributed by atoms with Crippen molar-refractivity contribution in [2.45, 2.75) is 13.3 Å². The highest BCUT2D eigenvalue weighted by molar-refractivity contribution is 5.88.